The predicted molar refractivity (Wildman–Crippen MR) is 74.7 cm³/mol. The molecule has 6 nitrogen and oxygen atoms in total. The summed E-state index contributed by atoms with van der Waals surface area (Å²) in [6, 6.07) is -0.285. The molecule has 0 radical (unpaired) electrons. The summed E-state index contributed by atoms with van der Waals surface area (Å²) in [5.41, 5.74) is -0.0986. The zero-order valence-electron chi connectivity index (χ0n) is 12.1. The number of alkyl halides is 1. The van der Waals surface area contributed by atoms with Crippen LogP contribution in [0, 0.1) is 23.2 Å². The molecule has 0 aromatic heterocycles. The lowest BCUT2D eigenvalue weighted by Gasteiger charge is -2.47. The summed E-state index contributed by atoms with van der Waals surface area (Å²) >= 11 is 5.47. The van der Waals surface area contributed by atoms with Crippen LogP contribution < -0.4 is 0 Å². The number of methoxy groups -OCH3 is 1. The number of hydrogen-bond donors (Lipinski definition) is 1. The minimum absolute atomic E-state index is 0.100. The third kappa shape index (κ3) is 2.01. The Morgan fingerprint density at radius 2 is 2.18 bits per heavy atom. The van der Waals surface area contributed by atoms with Crippen molar-refractivity contribution in [1.29, 1.82) is 0 Å². The zero-order valence-corrected chi connectivity index (χ0v) is 12.8. The second-order valence-corrected chi connectivity index (χ2v) is 6.37. The first-order valence-electron chi connectivity index (χ1n) is 7.18. The normalized spacial score (nSPS) is 39.2. The van der Waals surface area contributed by atoms with Crippen LogP contribution >= 0.6 is 11.6 Å². The molecule has 0 aromatic carbocycles. The Kier molecular flexibility index (Phi) is 3.77. The molecule has 1 N–H and O–H groups in total. The predicted octanol–water partition coefficient (Wildman–Crippen LogP) is 0.801. The van der Waals surface area contributed by atoms with Crippen LogP contribution in [0.25, 0.3) is 0 Å². The number of fused-ring (bicyclic) bond motifs is 2. The Balaban J connectivity index is 2.06. The molecule has 0 saturated heterocycles. The van der Waals surface area contributed by atoms with E-state index in [0.29, 0.717) is 0 Å². The van der Waals surface area contributed by atoms with Gasteiger partial charge in [-0.1, -0.05) is 23.3 Å². The van der Waals surface area contributed by atoms with Gasteiger partial charge in [0.2, 0.25) is 0 Å². The molecule has 0 aromatic rings. The highest BCUT2D eigenvalue weighted by atomic mass is 35.5. The Bertz CT molecular complexity index is 570. The average molecular weight is 329 g/mol. The highest BCUT2D eigenvalue weighted by Crippen LogP contribution is 2.62. The van der Waals surface area contributed by atoms with Gasteiger partial charge in [0.1, 0.15) is 5.78 Å². The fourth-order valence-electron chi connectivity index (χ4n) is 4.36. The number of carbonyl (C=O) groups excluding carboxylic acids is 3. The Labute approximate surface area is 132 Å². The summed E-state index contributed by atoms with van der Waals surface area (Å²) in [5.74, 6) is -2.89. The van der Waals surface area contributed by atoms with Crippen LogP contribution in [0.2, 0.25) is 0 Å². The number of ether oxygens (including phenoxy) is 2. The first kappa shape index (κ1) is 15.5. The van der Waals surface area contributed by atoms with Crippen LogP contribution in [0.4, 0.5) is 0 Å². The van der Waals surface area contributed by atoms with Gasteiger partial charge in [-0.3, -0.25) is 14.4 Å². The maximum absolute atomic E-state index is 12.3. The van der Waals surface area contributed by atoms with Gasteiger partial charge in [-0.05, 0) is 12.8 Å². The van der Waals surface area contributed by atoms with E-state index >= 15 is 0 Å². The van der Waals surface area contributed by atoms with Crippen LogP contribution in [0.1, 0.15) is 19.3 Å². The van der Waals surface area contributed by atoms with Crippen LogP contribution in [0.5, 0.6) is 0 Å². The number of ketones is 1. The maximum atomic E-state index is 12.3. The van der Waals surface area contributed by atoms with Crippen molar-refractivity contribution in [1.82, 2.24) is 0 Å². The van der Waals surface area contributed by atoms with E-state index in [9.17, 15) is 19.5 Å². The largest absolute Gasteiger partial charge is 0.469 e. The number of halogens is 1. The Morgan fingerprint density at radius 1 is 1.45 bits per heavy atom. The molecule has 22 heavy (non-hydrogen) atoms. The van der Waals surface area contributed by atoms with Gasteiger partial charge < -0.3 is 14.6 Å². The van der Waals surface area contributed by atoms with Crippen LogP contribution in [-0.2, 0) is 23.9 Å². The summed E-state index contributed by atoms with van der Waals surface area (Å²) in [6.07, 6.45) is 1.49. The quantitative estimate of drug-likeness (QED) is 0.468. The first-order chi connectivity index (χ1) is 10.4. The van der Waals surface area contributed by atoms with E-state index in [2.05, 4.69) is 0 Å². The Hall–Kier alpha value is -1.40. The van der Waals surface area contributed by atoms with Crippen LogP contribution in [0.3, 0.4) is 0 Å². The molecule has 4 aliphatic carbocycles. The van der Waals surface area contributed by atoms with Crippen molar-refractivity contribution in [2.24, 2.45) is 23.2 Å². The van der Waals surface area contributed by atoms with Crippen molar-refractivity contribution in [3.05, 3.63) is 11.6 Å². The molecule has 4 rings (SSSR count). The van der Waals surface area contributed by atoms with Gasteiger partial charge in [0, 0.05) is 11.8 Å². The lowest BCUT2D eigenvalue weighted by molar-refractivity contribution is -0.153. The fraction of sp³-hybridized carbons (Fsp3) is 0.667. The summed E-state index contributed by atoms with van der Waals surface area (Å²) in [7, 11) is 1.29. The molecule has 7 heteroatoms. The number of hydrogen-bond acceptors (Lipinski definition) is 6. The van der Waals surface area contributed by atoms with E-state index in [1.807, 2.05) is 0 Å². The minimum atomic E-state index is -0.840. The van der Waals surface area contributed by atoms with Crippen molar-refractivity contribution in [3.63, 3.8) is 0 Å². The van der Waals surface area contributed by atoms with Gasteiger partial charge in [-0.15, -0.1) is 0 Å². The smallest absolute Gasteiger partial charge is 0.312 e. The summed E-state index contributed by atoms with van der Waals surface area (Å²) in [6.45, 7) is 0. The minimum Gasteiger partial charge on any atom is -0.469 e. The SMILES string of the molecule is COC(=O)[C@@H]1C[C@@H](C(=O)OCCl)[C@]23CC(=O)[C@H](C=C12)C(O)C3. The first-order valence-corrected chi connectivity index (χ1v) is 7.71. The lowest BCUT2D eigenvalue weighted by atomic mass is 9.56. The van der Waals surface area contributed by atoms with E-state index in [1.54, 1.807) is 6.08 Å². The van der Waals surface area contributed by atoms with Gasteiger partial charge in [0.25, 0.3) is 0 Å². The van der Waals surface area contributed by atoms with Gasteiger partial charge >= 0.3 is 11.9 Å². The van der Waals surface area contributed by atoms with Crippen molar-refractivity contribution in [3.8, 4) is 0 Å². The van der Waals surface area contributed by atoms with Crippen molar-refractivity contribution < 1.29 is 29.0 Å². The molecule has 0 heterocycles. The molecule has 2 fully saturated rings. The molecule has 4 aliphatic rings. The van der Waals surface area contributed by atoms with Crippen LogP contribution in [-0.4, -0.2) is 42.1 Å². The van der Waals surface area contributed by atoms with E-state index in [-0.39, 0.29) is 31.1 Å². The van der Waals surface area contributed by atoms with Gasteiger partial charge in [-0.2, -0.15) is 0 Å². The van der Waals surface area contributed by atoms with Gasteiger partial charge in [0.05, 0.1) is 31.0 Å². The van der Waals surface area contributed by atoms with Gasteiger partial charge in [0.15, 0.2) is 6.07 Å². The number of aliphatic hydroxyl groups is 1. The summed E-state index contributed by atoms with van der Waals surface area (Å²) in [4.78, 5) is 36.5. The second-order valence-electron chi connectivity index (χ2n) is 6.16. The highest BCUT2D eigenvalue weighted by molar-refractivity contribution is 6.17. The number of esters is 2. The number of Topliss-reactive ketones (excluding diaryl/α,β-unsaturated/α-hetero) is 1. The zero-order chi connectivity index (χ0) is 16.1. The van der Waals surface area contributed by atoms with Crippen molar-refractivity contribution >= 4 is 29.3 Å². The molecular formula is C15H17ClO6. The lowest BCUT2D eigenvalue weighted by Crippen LogP contribution is -2.51. The van der Waals surface area contributed by atoms with Crippen LogP contribution in [0.15, 0.2) is 11.6 Å². The van der Waals surface area contributed by atoms with E-state index < -0.39 is 41.2 Å². The van der Waals surface area contributed by atoms with E-state index in [4.69, 9.17) is 21.1 Å². The number of aliphatic hydroxyl groups excluding tert-OH is 1. The number of carbonyl (C=O) groups is 3. The topological polar surface area (TPSA) is 89.9 Å². The van der Waals surface area contributed by atoms with E-state index in [0.717, 1.165) is 5.57 Å². The fourth-order valence-corrected chi connectivity index (χ4v) is 4.47. The molecule has 5 atom stereocenters. The second kappa shape index (κ2) is 5.35. The molecule has 1 spiro atoms. The molecule has 1 unspecified atom stereocenters. The molecule has 2 bridgehead atoms. The third-order valence-electron chi connectivity index (χ3n) is 5.26. The van der Waals surface area contributed by atoms with Crippen molar-refractivity contribution in [2.45, 2.75) is 25.4 Å². The molecule has 0 aliphatic heterocycles. The highest BCUT2D eigenvalue weighted by Gasteiger charge is 2.63. The maximum Gasteiger partial charge on any atom is 0.312 e. The average Bonchev–Trinajstić information content (AvgIpc) is 2.80. The van der Waals surface area contributed by atoms with E-state index in [1.165, 1.54) is 7.11 Å². The molecular weight excluding hydrogens is 312 g/mol. The molecule has 2 saturated carbocycles. The summed E-state index contributed by atoms with van der Waals surface area (Å²) < 4.78 is 9.73. The summed E-state index contributed by atoms with van der Waals surface area (Å²) in [5, 5.41) is 10.2. The molecule has 0 amide bonds. The number of rotatable bonds is 3. The monoisotopic (exact) mass is 328 g/mol. The van der Waals surface area contributed by atoms with Gasteiger partial charge in [-0.25, -0.2) is 0 Å². The Morgan fingerprint density at radius 3 is 2.77 bits per heavy atom. The van der Waals surface area contributed by atoms with Crippen molar-refractivity contribution in [2.75, 3.05) is 13.2 Å². The standard InChI is InChI=1S/C15H17ClO6/c1-21-13(19)7-2-10(14(20)22-6-16)15-4-11(17)8(3-9(7)15)12(18)5-15/h3,7-8,10-11,17H,2,4-6H2,1H3/t7-,8-,10+,11?,15-/m1/s1. The molecule has 120 valence electrons. The third-order valence-corrected chi connectivity index (χ3v) is 5.37.